The van der Waals surface area contributed by atoms with Crippen LogP contribution in [0.1, 0.15) is 36.4 Å². The first-order chi connectivity index (χ1) is 7.86. The lowest BCUT2D eigenvalue weighted by Gasteiger charge is -2.18. The largest absolute Gasteiger partial charge is 0.390 e. The normalized spacial score (nSPS) is 12.9. The van der Waals surface area contributed by atoms with E-state index in [1.54, 1.807) is 17.5 Å². The molecule has 3 nitrogen and oxygen atoms in total. The van der Waals surface area contributed by atoms with Crippen LogP contribution in [0.2, 0.25) is 0 Å². The van der Waals surface area contributed by atoms with E-state index in [1.165, 1.54) is 4.88 Å². The fourth-order valence-corrected chi connectivity index (χ4v) is 2.77. The number of thiophene rings is 1. The van der Waals surface area contributed by atoms with Crippen LogP contribution in [0.15, 0.2) is 30.0 Å². The second-order valence-corrected chi connectivity index (χ2v) is 4.75. The number of imidazole rings is 1. The molecule has 0 amide bonds. The number of aromatic nitrogens is 2. The highest BCUT2D eigenvalue weighted by molar-refractivity contribution is 7.10. The van der Waals surface area contributed by atoms with Crippen LogP contribution in [0, 0.1) is 0 Å². The Balaban J connectivity index is 2.33. The van der Waals surface area contributed by atoms with Crippen molar-refractivity contribution in [3.05, 3.63) is 40.6 Å². The van der Waals surface area contributed by atoms with Gasteiger partial charge in [0.15, 0.2) is 0 Å². The summed E-state index contributed by atoms with van der Waals surface area (Å²) in [5.74, 6) is 0. The molecular formula is C12H16N2OS. The van der Waals surface area contributed by atoms with Gasteiger partial charge < -0.3 is 9.67 Å². The van der Waals surface area contributed by atoms with Crippen molar-refractivity contribution in [3.63, 3.8) is 0 Å². The quantitative estimate of drug-likeness (QED) is 0.867. The molecule has 2 aromatic rings. The standard InChI is InChI=1S/C12H16N2OS/c1-2-4-11(12-5-3-6-16-12)14-9-13-7-10(14)8-15/h3,5-7,9,11,15H,2,4,8H2,1H3. The Labute approximate surface area is 99.4 Å². The van der Waals surface area contributed by atoms with Crippen LogP contribution < -0.4 is 0 Å². The van der Waals surface area contributed by atoms with Crippen molar-refractivity contribution in [2.75, 3.05) is 0 Å². The number of hydrogen-bond acceptors (Lipinski definition) is 3. The molecule has 1 atom stereocenters. The van der Waals surface area contributed by atoms with Gasteiger partial charge in [-0.05, 0) is 17.9 Å². The summed E-state index contributed by atoms with van der Waals surface area (Å²) < 4.78 is 2.08. The molecule has 2 heterocycles. The summed E-state index contributed by atoms with van der Waals surface area (Å²) in [6, 6.07) is 4.53. The Morgan fingerprint density at radius 2 is 2.44 bits per heavy atom. The Morgan fingerprint density at radius 1 is 1.56 bits per heavy atom. The van der Waals surface area contributed by atoms with E-state index < -0.39 is 0 Å². The van der Waals surface area contributed by atoms with Gasteiger partial charge in [0.2, 0.25) is 0 Å². The molecule has 0 saturated carbocycles. The van der Waals surface area contributed by atoms with E-state index in [4.69, 9.17) is 0 Å². The lowest BCUT2D eigenvalue weighted by molar-refractivity contribution is 0.267. The summed E-state index contributed by atoms with van der Waals surface area (Å²) in [5.41, 5.74) is 0.881. The fraction of sp³-hybridized carbons (Fsp3) is 0.417. The average Bonchev–Trinajstić information content (AvgIpc) is 2.96. The second kappa shape index (κ2) is 5.27. The van der Waals surface area contributed by atoms with Gasteiger partial charge in [-0.3, -0.25) is 0 Å². The molecule has 0 radical (unpaired) electrons. The van der Waals surface area contributed by atoms with E-state index >= 15 is 0 Å². The third-order valence-electron chi connectivity index (χ3n) is 2.68. The van der Waals surface area contributed by atoms with Gasteiger partial charge in [0.05, 0.1) is 30.9 Å². The van der Waals surface area contributed by atoms with E-state index in [-0.39, 0.29) is 6.61 Å². The monoisotopic (exact) mass is 236 g/mol. The zero-order valence-electron chi connectivity index (χ0n) is 9.34. The molecule has 2 aromatic heterocycles. The third-order valence-corrected chi connectivity index (χ3v) is 3.65. The van der Waals surface area contributed by atoms with E-state index in [1.807, 2.05) is 6.33 Å². The molecule has 0 fully saturated rings. The van der Waals surface area contributed by atoms with Gasteiger partial charge in [-0.15, -0.1) is 11.3 Å². The molecule has 1 unspecified atom stereocenters. The molecule has 0 aliphatic carbocycles. The summed E-state index contributed by atoms with van der Waals surface area (Å²) in [6.07, 6.45) is 5.73. The summed E-state index contributed by atoms with van der Waals surface area (Å²) >= 11 is 1.76. The van der Waals surface area contributed by atoms with Gasteiger partial charge in [0.25, 0.3) is 0 Å². The smallest absolute Gasteiger partial charge is 0.0954 e. The van der Waals surface area contributed by atoms with Crippen LogP contribution in [-0.2, 0) is 6.61 Å². The number of aliphatic hydroxyl groups is 1. The van der Waals surface area contributed by atoms with Crippen LogP contribution >= 0.6 is 11.3 Å². The van der Waals surface area contributed by atoms with Crippen molar-refractivity contribution in [3.8, 4) is 0 Å². The molecule has 0 aromatic carbocycles. The van der Waals surface area contributed by atoms with E-state index in [0.717, 1.165) is 18.5 Å². The highest BCUT2D eigenvalue weighted by Gasteiger charge is 2.16. The van der Waals surface area contributed by atoms with Crippen molar-refractivity contribution in [2.24, 2.45) is 0 Å². The van der Waals surface area contributed by atoms with Gasteiger partial charge in [-0.2, -0.15) is 0 Å². The zero-order chi connectivity index (χ0) is 11.4. The minimum absolute atomic E-state index is 0.0472. The van der Waals surface area contributed by atoms with Gasteiger partial charge in [-0.25, -0.2) is 4.98 Å². The molecule has 4 heteroatoms. The minimum atomic E-state index is 0.0472. The van der Waals surface area contributed by atoms with Gasteiger partial charge in [-0.1, -0.05) is 19.4 Å². The molecular weight excluding hydrogens is 220 g/mol. The van der Waals surface area contributed by atoms with Crippen molar-refractivity contribution in [1.29, 1.82) is 0 Å². The highest BCUT2D eigenvalue weighted by atomic mass is 32.1. The molecule has 0 aliphatic heterocycles. The van der Waals surface area contributed by atoms with Crippen LogP contribution in [0.5, 0.6) is 0 Å². The number of hydrogen-bond donors (Lipinski definition) is 1. The average molecular weight is 236 g/mol. The maximum absolute atomic E-state index is 9.26. The topological polar surface area (TPSA) is 38.0 Å². The van der Waals surface area contributed by atoms with Gasteiger partial charge in [0, 0.05) is 4.88 Å². The van der Waals surface area contributed by atoms with Gasteiger partial charge >= 0.3 is 0 Å². The summed E-state index contributed by atoms with van der Waals surface area (Å²) in [7, 11) is 0. The van der Waals surface area contributed by atoms with Crippen LogP contribution in [0.3, 0.4) is 0 Å². The predicted molar refractivity (Wildman–Crippen MR) is 65.5 cm³/mol. The second-order valence-electron chi connectivity index (χ2n) is 3.77. The Morgan fingerprint density at radius 3 is 3.06 bits per heavy atom. The lowest BCUT2D eigenvalue weighted by Crippen LogP contribution is -2.11. The minimum Gasteiger partial charge on any atom is -0.390 e. The Hall–Kier alpha value is -1.13. The molecule has 1 N–H and O–H groups in total. The number of nitrogens with zero attached hydrogens (tertiary/aromatic N) is 2. The fourth-order valence-electron chi connectivity index (χ4n) is 1.91. The molecule has 0 spiro atoms. The van der Waals surface area contributed by atoms with Crippen LogP contribution in [0.25, 0.3) is 0 Å². The maximum Gasteiger partial charge on any atom is 0.0954 e. The van der Waals surface area contributed by atoms with E-state index in [0.29, 0.717) is 6.04 Å². The SMILES string of the molecule is CCCC(c1cccs1)n1cncc1CO. The maximum atomic E-state index is 9.26. The molecule has 0 bridgehead atoms. The summed E-state index contributed by atoms with van der Waals surface area (Å²) in [4.78, 5) is 5.44. The first-order valence-corrected chi connectivity index (χ1v) is 6.39. The van der Waals surface area contributed by atoms with E-state index in [2.05, 4.69) is 34.0 Å². The molecule has 2 rings (SSSR count). The van der Waals surface area contributed by atoms with Crippen LogP contribution in [0.4, 0.5) is 0 Å². The molecule has 0 saturated heterocycles. The molecule has 0 aliphatic rings. The van der Waals surface area contributed by atoms with Crippen molar-refractivity contribution in [1.82, 2.24) is 9.55 Å². The third kappa shape index (κ3) is 2.18. The van der Waals surface area contributed by atoms with Crippen molar-refractivity contribution in [2.45, 2.75) is 32.4 Å². The summed E-state index contributed by atoms with van der Waals surface area (Å²) in [5, 5.41) is 11.4. The predicted octanol–water partition coefficient (Wildman–Crippen LogP) is 2.83. The Bertz CT molecular complexity index is 422. The zero-order valence-corrected chi connectivity index (χ0v) is 10.2. The van der Waals surface area contributed by atoms with Crippen LogP contribution in [-0.4, -0.2) is 14.7 Å². The highest BCUT2D eigenvalue weighted by Crippen LogP contribution is 2.28. The Kier molecular flexibility index (Phi) is 3.74. The number of aliphatic hydroxyl groups excluding tert-OH is 1. The summed E-state index contributed by atoms with van der Waals surface area (Å²) in [6.45, 7) is 2.22. The van der Waals surface area contributed by atoms with E-state index in [9.17, 15) is 5.11 Å². The first kappa shape index (κ1) is 11.4. The molecule has 86 valence electrons. The molecule has 16 heavy (non-hydrogen) atoms. The first-order valence-electron chi connectivity index (χ1n) is 5.51. The lowest BCUT2D eigenvalue weighted by atomic mass is 10.1. The van der Waals surface area contributed by atoms with Crippen molar-refractivity contribution >= 4 is 11.3 Å². The number of rotatable bonds is 5. The van der Waals surface area contributed by atoms with Crippen molar-refractivity contribution < 1.29 is 5.11 Å². The van der Waals surface area contributed by atoms with Gasteiger partial charge in [0.1, 0.15) is 0 Å².